The average Bonchev–Trinajstić information content (AvgIpc) is 2.98. The van der Waals surface area contributed by atoms with Crippen molar-refractivity contribution >= 4 is 21.4 Å². The summed E-state index contributed by atoms with van der Waals surface area (Å²) in [6, 6.07) is 3.28. The molecule has 2 aliphatic heterocycles. The normalized spacial score (nSPS) is 21.4. The molecule has 0 aliphatic carbocycles. The van der Waals surface area contributed by atoms with Crippen LogP contribution in [0.15, 0.2) is 12.1 Å². The molecular weight excluding hydrogens is 304 g/mol. The van der Waals surface area contributed by atoms with Gasteiger partial charge >= 0.3 is 0 Å². The van der Waals surface area contributed by atoms with Crippen LogP contribution >= 0.6 is 11.6 Å². The predicted molar refractivity (Wildman–Crippen MR) is 74.0 cm³/mol. The molecule has 1 fully saturated rings. The van der Waals surface area contributed by atoms with Crippen molar-refractivity contribution in [3.8, 4) is 11.5 Å². The summed E-state index contributed by atoms with van der Waals surface area (Å²) in [4.78, 5) is 0. The van der Waals surface area contributed by atoms with Crippen LogP contribution in [0.4, 0.5) is 0 Å². The number of fused-ring (bicyclic) bond motifs is 1. The van der Waals surface area contributed by atoms with E-state index in [2.05, 4.69) is 0 Å². The van der Waals surface area contributed by atoms with Crippen LogP contribution in [0.3, 0.4) is 0 Å². The molecule has 1 saturated heterocycles. The first-order valence-electron chi connectivity index (χ1n) is 6.43. The summed E-state index contributed by atoms with van der Waals surface area (Å²) in [5, 5.41) is 0.377. The Morgan fingerprint density at radius 3 is 2.90 bits per heavy atom. The molecule has 5 nitrogen and oxygen atoms in total. The second kappa shape index (κ2) is 5.42. The third-order valence-corrected chi connectivity index (χ3v) is 5.27. The van der Waals surface area contributed by atoms with Crippen molar-refractivity contribution in [2.24, 2.45) is 0 Å². The van der Waals surface area contributed by atoms with Crippen LogP contribution in [0.1, 0.15) is 18.4 Å². The molecule has 2 aliphatic rings. The predicted octanol–water partition coefficient (Wildman–Crippen LogP) is 2.16. The minimum Gasteiger partial charge on any atom is -0.454 e. The SMILES string of the molecule is O=S(=O)(Cc1cc(Cl)c2c(c1)OCO2)CC1CCCO1. The van der Waals surface area contributed by atoms with Crippen LogP contribution in [0.25, 0.3) is 0 Å². The smallest absolute Gasteiger partial charge is 0.231 e. The van der Waals surface area contributed by atoms with E-state index in [1.165, 1.54) is 0 Å². The molecule has 0 amide bonds. The van der Waals surface area contributed by atoms with E-state index in [-0.39, 0.29) is 24.4 Å². The number of ether oxygens (including phenoxy) is 3. The molecule has 110 valence electrons. The van der Waals surface area contributed by atoms with Crippen molar-refractivity contribution in [3.05, 3.63) is 22.7 Å². The molecule has 0 spiro atoms. The number of sulfone groups is 1. The van der Waals surface area contributed by atoms with Crippen LogP contribution in [0.2, 0.25) is 5.02 Å². The Hall–Kier alpha value is -0.980. The summed E-state index contributed by atoms with van der Waals surface area (Å²) in [6.45, 7) is 0.761. The second-order valence-electron chi connectivity index (χ2n) is 5.00. The van der Waals surface area contributed by atoms with Gasteiger partial charge in [0.05, 0.1) is 22.6 Å². The van der Waals surface area contributed by atoms with Crippen LogP contribution in [0.5, 0.6) is 11.5 Å². The first kappa shape index (κ1) is 14.0. The highest BCUT2D eigenvalue weighted by Gasteiger charge is 2.25. The largest absolute Gasteiger partial charge is 0.454 e. The van der Waals surface area contributed by atoms with Gasteiger partial charge in [0.2, 0.25) is 6.79 Å². The van der Waals surface area contributed by atoms with E-state index in [1.807, 2.05) is 0 Å². The third kappa shape index (κ3) is 3.02. The first-order chi connectivity index (χ1) is 9.53. The van der Waals surface area contributed by atoms with Crippen molar-refractivity contribution in [1.82, 2.24) is 0 Å². The van der Waals surface area contributed by atoms with E-state index in [1.54, 1.807) is 12.1 Å². The number of halogens is 1. The molecule has 0 bridgehead atoms. The summed E-state index contributed by atoms with van der Waals surface area (Å²) in [6.07, 6.45) is 1.56. The quantitative estimate of drug-likeness (QED) is 0.851. The fraction of sp³-hybridized carbons (Fsp3) is 0.538. The third-order valence-electron chi connectivity index (χ3n) is 3.34. The second-order valence-corrected chi connectivity index (χ2v) is 7.52. The Bertz CT molecular complexity index is 607. The minimum absolute atomic E-state index is 0.0546. The Morgan fingerprint density at radius 1 is 1.30 bits per heavy atom. The van der Waals surface area contributed by atoms with Gasteiger partial charge in [-0.25, -0.2) is 8.42 Å². The maximum atomic E-state index is 12.2. The van der Waals surface area contributed by atoms with Gasteiger partial charge in [-0.15, -0.1) is 0 Å². The summed E-state index contributed by atoms with van der Waals surface area (Å²) >= 11 is 6.05. The van der Waals surface area contributed by atoms with Gasteiger partial charge in [-0.1, -0.05) is 11.6 Å². The number of rotatable bonds is 4. The topological polar surface area (TPSA) is 61.8 Å². The highest BCUT2D eigenvalue weighted by Crippen LogP contribution is 2.40. The summed E-state index contributed by atoms with van der Waals surface area (Å²) < 4.78 is 40.2. The van der Waals surface area contributed by atoms with Crippen LogP contribution < -0.4 is 9.47 Å². The van der Waals surface area contributed by atoms with Gasteiger partial charge < -0.3 is 14.2 Å². The Kier molecular flexibility index (Phi) is 3.79. The van der Waals surface area contributed by atoms with E-state index in [9.17, 15) is 8.42 Å². The van der Waals surface area contributed by atoms with Gasteiger partial charge in [0.25, 0.3) is 0 Å². The van der Waals surface area contributed by atoms with Crippen molar-refractivity contribution in [1.29, 1.82) is 0 Å². The lowest BCUT2D eigenvalue weighted by atomic mass is 10.2. The fourth-order valence-electron chi connectivity index (χ4n) is 2.48. The first-order valence-corrected chi connectivity index (χ1v) is 8.63. The van der Waals surface area contributed by atoms with E-state index in [0.717, 1.165) is 12.8 Å². The molecule has 3 rings (SSSR count). The van der Waals surface area contributed by atoms with Crippen LogP contribution in [0, 0.1) is 0 Å². The summed E-state index contributed by atoms with van der Waals surface area (Å²) in [7, 11) is -3.23. The van der Waals surface area contributed by atoms with Crippen molar-refractivity contribution in [2.75, 3.05) is 19.2 Å². The van der Waals surface area contributed by atoms with E-state index in [0.29, 0.717) is 28.7 Å². The lowest BCUT2D eigenvalue weighted by Crippen LogP contribution is -2.21. The molecule has 1 unspecified atom stereocenters. The van der Waals surface area contributed by atoms with E-state index in [4.69, 9.17) is 25.8 Å². The lowest BCUT2D eigenvalue weighted by molar-refractivity contribution is 0.127. The van der Waals surface area contributed by atoms with Crippen molar-refractivity contribution in [2.45, 2.75) is 24.7 Å². The van der Waals surface area contributed by atoms with Gasteiger partial charge in [-0.2, -0.15) is 0 Å². The summed E-state index contributed by atoms with van der Waals surface area (Å²) in [5.41, 5.74) is 0.609. The Labute approximate surface area is 122 Å². The van der Waals surface area contributed by atoms with Gasteiger partial charge in [0.15, 0.2) is 21.3 Å². The fourth-order valence-corrected chi connectivity index (χ4v) is 4.39. The molecule has 1 aromatic rings. The molecule has 0 N–H and O–H groups in total. The summed E-state index contributed by atoms with van der Waals surface area (Å²) in [5.74, 6) is 0.967. The van der Waals surface area contributed by atoms with Gasteiger partial charge in [-0.05, 0) is 30.5 Å². The minimum atomic E-state index is -3.23. The number of hydrogen-bond donors (Lipinski definition) is 0. The molecule has 2 heterocycles. The van der Waals surface area contributed by atoms with Crippen LogP contribution in [-0.4, -0.2) is 33.7 Å². The molecular formula is C13H15ClO5S. The molecule has 1 aromatic carbocycles. The molecule has 0 radical (unpaired) electrons. The standard InChI is InChI=1S/C13H15ClO5S/c14-11-4-9(5-12-13(11)19-8-18-12)6-20(15,16)7-10-2-1-3-17-10/h4-5,10H,1-3,6-8H2. The zero-order valence-corrected chi connectivity index (χ0v) is 12.4. The number of hydrogen-bond acceptors (Lipinski definition) is 5. The highest BCUT2D eigenvalue weighted by molar-refractivity contribution is 7.90. The van der Waals surface area contributed by atoms with Gasteiger partial charge in [0, 0.05) is 6.61 Å². The van der Waals surface area contributed by atoms with E-state index >= 15 is 0 Å². The Morgan fingerprint density at radius 2 is 2.15 bits per heavy atom. The van der Waals surface area contributed by atoms with Crippen molar-refractivity contribution in [3.63, 3.8) is 0 Å². The maximum absolute atomic E-state index is 12.2. The molecule has 1 atom stereocenters. The molecule has 0 saturated carbocycles. The Balaban J connectivity index is 1.75. The maximum Gasteiger partial charge on any atom is 0.231 e. The molecule has 0 aromatic heterocycles. The van der Waals surface area contributed by atoms with E-state index < -0.39 is 9.84 Å². The highest BCUT2D eigenvalue weighted by atomic mass is 35.5. The molecule has 7 heteroatoms. The van der Waals surface area contributed by atoms with Crippen molar-refractivity contribution < 1.29 is 22.6 Å². The monoisotopic (exact) mass is 318 g/mol. The van der Waals surface area contributed by atoms with Crippen LogP contribution in [-0.2, 0) is 20.3 Å². The zero-order chi connectivity index (χ0) is 14.2. The lowest BCUT2D eigenvalue weighted by Gasteiger charge is -2.11. The van der Waals surface area contributed by atoms with Gasteiger partial charge in [-0.3, -0.25) is 0 Å². The average molecular weight is 319 g/mol. The number of benzene rings is 1. The molecule has 20 heavy (non-hydrogen) atoms. The zero-order valence-electron chi connectivity index (χ0n) is 10.8. The van der Waals surface area contributed by atoms with Gasteiger partial charge in [0.1, 0.15) is 0 Å².